The van der Waals surface area contributed by atoms with Gasteiger partial charge in [-0.15, -0.1) is 0 Å². The van der Waals surface area contributed by atoms with Gasteiger partial charge in [-0.25, -0.2) is 0 Å². The lowest BCUT2D eigenvalue weighted by molar-refractivity contribution is 0.122. The van der Waals surface area contributed by atoms with Crippen molar-refractivity contribution < 1.29 is 4.74 Å². The maximum absolute atomic E-state index is 5.43. The molecule has 4 heteroatoms. The minimum absolute atomic E-state index is 0.431. The molecular weight excluding hydrogens is 262 g/mol. The number of morpholine rings is 1. The molecule has 2 aromatic rings. The number of ether oxygens (including phenoxy) is 1. The van der Waals surface area contributed by atoms with Gasteiger partial charge in [-0.2, -0.15) is 0 Å². The Balaban J connectivity index is 2.05. The van der Waals surface area contributed by atoms with E-state index in [1.165, 1.54) is 11.1 Å². The molecule has 0 unspecified atom stereocenters. The fourth-order valence-electron chi connectivity index (χ4n) is 2.76. The van der Waals surface area contributed by atoms with Crippen molar-refractivity contribution in [3.05, 3.63) is 30.0 Å². The molecule has 0 spiro atoms. The first-order valence-corrected chi connectivity index (χ1v) is 7.64. The minimum Gasteiger partial charge on any atom is -0.388 e. The molecule has 3 rings (SSSR count). The quantitative estimate of drug-likeness (QED) is 0.939. The second kappa shape index (κ2) is 5.90. The van der Waals surface area contributed by atoms with Crippen LogP contribution in [0, 0.1) is 0 Å². The molecule has 21 heavy (non-hydrogen) atoms. The summed E-state index contributed by atoms with van der Waals surface area (Å²) < 4.78 is 5.43. The van der Waals surface area contributed by atoms with Crippen molar-refractivity contribution in [2.45, 2.75) is 19.8 Å². The highest BCUT2D eigenvalue weighted by molar-refractivity contribution is 5.94. The second-order valence-corrected chi connectivity index (χ2v) is 5.80. The first-order chi connectivity index (χ1) is 10.2. The van der Waals surface area contributed by atoms with Crippen molar-refractivity contribution in [3.63, 3.8) is 0 Å². The Morgan fingerprint density at radius 3 is 2.62 bits per heavy atom. The first-order valence-electron chi connectivity index (χ1n) is 7.64. The minimum atomic E-state index is 0.431. The summed E-state index contributed by atoms with van der Waals surface area (Å²) in [6, 6.07) is 8.71. The number of pyridine rings is 1. The Hall–Kier alpha value is -1.81. The summed E-state index contributed by atoms with van der Waals surface area (Å²) in [5, 5.41) is 4.50. The van der Waals surface area contributed by atoms with E-state index < -0.39 is 0 Å². The Morgan fingerprint density at radius 1 is 1.19 bits per heavy atom. The van der Waals surface area contributed by atoms with Crippen molar-refractivity contribution >= 4 is 22.3 Å². The molecule has 1 aliphatic rings. The number of rotatable bonds is 3. The highest BCUT2D eigenvalue weighted by Crippen LogP contribution is 2.30. The van der Waals surface area contributed by atoms with Crippen LogP contribution >= 0.6 is 0 Å². The Bertz CT molecular complexity index is 633. The third-order valence-electron chi connectivity index (χ3n) is 4.05. The fraction of sp³-hybridized carbons (Fsp3) is 0.471. The van der Waals surface area contributed by atoms with E-state index in [-0.39, 0.29) is 0 Å². The predicted molar refractivity (Wildman–Crippen MR) is 88.4 cm³/mol. The van der Waals surface area contributed by atoms with Crippen LogP contribution in [0.15, 0.2) is 24.3 Å². The molecule has 1 aliphatic heterocycles. The average Bonchev–Trinajstić information content (AvgIpc) is 2.54. The molecule has 112 valence electrons. The zero-order valence-corrected chi connectivity index (χ0v) is 13.0. The van der Waals surface area contributed by atoms with Gasteiger partial charge in [0.25, 0.3) is 0 Å². The molecule has 0 bridgehead atoms. The van der Waals surface area contributed by atoms with Crippen molar-refractivity contribution in [1.82, 2.24) is 4.98 Å². The number of anilines is 2. The van der Waals surface area contributed by atoms with Crippen LogP contribution in [0.25, 0.3) is 10.9 Å². The van der Waals surface area contributed by atoms with Crippen LogP contribution in [0.5, 0.6) is 0 Å². The summed E-state index contributed by atoms with van der Waals surface area (Å²) in [6.07, 6.45) is 0. The Kier molecular flexibility index (Phi) is 3.97. The van der Waals surface area contributed by atoms with Gasteiger partial charge in [0.1, 0.15) is 0 Å². The zero-order valence-electron chi connectivity index (χ0n) is 13.0. The van der Waals surface area contributed by atoms with Crippen LogP contribution in [-0.2, 0) is 4.74 Å². The molecule has 1 saturated heterocycles. The largest absolute Gasteiger partial charge is 0.388 e. The lowest BCUT2D eigenvalue weighted by atomic mass is 10.1. The summed E-state index contributed by atoms with van der Waals surface area (Å²) in [5.41, 5.74) is 4.59. The third kappa shape index (κ3) is 2.81. The Labute approximate surface area is 126 Å². The summed E-state index contributed by atoms with van der Waals surface area (Å²) in [7, 11) is 1.97. The van der Waals surface area contributed by atoms with E-state index in [4.69, 9.17) is 9.72 Å². The van der Waals surface area contributed by atoms with Crippen molar-refractivity contribution in [1.29, 1.82) is 0 Å². The molecular formula is C17H23N3O. The van der Waals surface area contributed by atoms with Crippen LogP contribution in [0.3, 0.4) is 0 Å². The standard InChI is InChI=1S/C17H23N3O/c1-12(2)16-11-17(18-3)14-10-13(4-5-15(14)19-16)20-6-8-21-9-7-20/h4-5,10-12H,6-9H2,1-3H3,(H,18,19). The molecule has 1 N–H and O–H groups in total. The van der Waals surface area contributed by atoms with Crippen LogP contribution < -0.4 is 10.2 Å². The van der Waals surface area contributed by atoms with Crippen LogP contribution in [0.4, 0.5) is 11.4 Å². The van der Waals surface area contributed by atoms with E-state index in [1.54, 1.807) is 0 Å². The topological polar surface area (TPSA) is 37.4 Å². The Morgan fingerprint density at radius 2 is 1.95 bits per heavy atom. The molecule has 1 fully saturated rings. The van der Waals surface area contributed by atoms with Crippen molar-refractivity contribution in [2.24, 2.45) is 0 Å². The van der Waals surface area contributed by atoms with E-state index in [9.17, 15) is 0 Å². The number of hydrogen-bond donors (Lipinski definition) is 1. The van der Waals surface area contributed by atoms with Crippen LogP contribution in [0.2, 0.25) is 0 Å². The number of aromatic nitrogens is 1. The van der Waals surface area contributed by atoms with Gasteiger partial charge >= 0.3 is 0 Å². The summed E-state index contributed by atoms with van der Waals surface area (Å²) in [6.45, 7) is 7.88. The molecule has 0 atom stereocenters. The fourth-order valence-corrected chi connectivity index (χ4v) is 2.76. The van der Waals surface area contributed by atoms with Gasteiger partial charge in [-0.3, -0.25) is 4.98 Å². The number of nitrogens with zero attached hydrogens (tertiary/aromatic N) is 2. The van der Waals surface area contributed by atoms with Crippen LogP contribution in [0.1, 0.15) is 25.5 Å². The van der Waals surface area contributed by atoms with Crippen molar-refractivity contribution in [2.75, 3.05) is 43.6 Å². The lowest BCUT2D eigenvalue weighted by Gasteiger charge is -2.29. The number of benzene rings is 1. The average molecular weight is 285 g/mol. The molecule has 1 aromatic heterocycles. The van der Waals surface area contributed by atoms with Gasteiger partial charge in [0.15, 0.2) is 0 Å². The lowest BCUT2D eigenvalue weighted by Crippen LogP contribution is -2.36. The van der Waals surface area contributed by atoms with Crippen LogP contribution in [-0.4, -0.2) is 38.3 Å². The molecule has 0 radical (unpaired) electrons. The van der Waals surface area contributed by atoms with Gasteiger partial charge in [0.2, 0.25) is 0 Å². The molecule has 4 nitrogen and oxygen atoms in total. The molecule has 0 saturated carbocycles. The number of fused-ring (bicyclic) bond motifs is 1. The van der Waals surface area contributed by atoms with E-state index in [0.29, 0.717) is 5.92 Å². The summed E-state index contributed by atoms with van der Waals surface area (Å²) >= 11 is 0. The monoisotopic (exact) mass is 285 g/mol. The predicted octanol–water partition coefficient (Wildman–Crippen LogP) is 3.24. The molecule has 1 aromatic carbocycles. The van der Waals surface area contributed by atoms with Gasteiger partial charge in [-0.1, -0.05) is 13.8 Å². The third-order valence-corrected chi connectivity index (χ3v) is 4.05. The van der Waals surface area contributed by atoms with Crippen molar-refractivity contribution in [3.8, 4) is 0 Å². The SMILES string of the molecule is CNc1cc(C(C)C)nc2ccc(N3CCOCC3)cc12. The molecule has 0 amide bonds. The van der Waals surface area contributed by atoms with Gasteiger partial charge in [0, 0.05) is 42.6 Å². The first kappa shape index (κ1) is 14.1. The van der Waals surface area contributed by atoms with E-state index in [1.807, 2.05) is 7.05 Å². The normalized spacial score (nSPS) is 15.7. The maximum Gasteiger partial charge on any atom is 0.0727 e. The summed E-state index contributed by atoms with van der Waals surface area (Å²) in [4.78, 5) is 7.16. The van der Waals surface area contributed by atoms with Gasteiger partial charge in [-0.05, 0) is 30.2 Å². The zero-order chi connectivity index (χ0) is 14.8. The second-order valence-electron chi connectivity index (χ2n) is 5.80. The van der Waals surface area contributed by atoms with Gasteiger partial charge in [0.05, 0.1) is 18.7 Å². The number of nitrogens with one attached hydrogen (secondary N) is 1. The molecule has 2 heterocycles. The number of hydrogen-bond acceptors (Lipinski definition) is 4. The van der Waals surface area contributed by atoms with E-state index in [0.717, 1.165) is 43.2 Å². The van der Waals surface area contributed by atoms with Gasteiger partial charge < -0.3 is 15.0 Å². The van der Waals surface area contributed by atoms with E-state index >= 15 is 0 Å². The summed E-state index contributed by atoms with van der Waals surface area (Å²) in [5.74, 6) is 0.431. The molecule has 0 aliphatic carbocycles. The maximum atomic E-state index is 5.43. The smallest absolute Gasteiger partial charge is 0.0727 e. The highest BCUT2D eigenvalue weighted by atomic mass is 16.5. The van der Waals surface area contributed by atoms with E-state index in [2.05, 4.69) is 48.3 Å². The highest BCUT2D eigenvalue weighted by Gasteiger charge is 2.13.